The number of nitrogens with one attached hydrogen (secondary N) is 1. The van der Waals surface area contributed by atoms with E-state index in [2.05, 4.69) is 34.8 Å². The first-order valence-electron chi connectivity index (χ1n) is 8.49. The first-order valence-corrected chi connectivity index (χ1v) is 8.49. The van der Waals surface area contributed by atoms with Crippen molar-refractivity contribution in [2.24, 2.45) is 0 Å². The Morgan fingerprint density at radius 3 is 2.88 bits per heavy atom. The molecule has 2 aromatic rings. The van der Waals surface area contributed by atoms with Gasteiger partial charge in [-0.05, 0) is 31.0 Å². The lowest BCUT2D eigenvalue weighted by atomic mass is 10.1. The number of aromatic amines is 1. The highest BCUT2D eigenvalue weighted by Gasteiger charge is 2.22. The molecule has 0 amide bonds. The minimum atomic E-state index is -0.0138. The summed E-state index contributed by atoms with van der Waals surface area (Å²) < 4.78 is 5.97. The highest BCUT2D eigenvalue weighted by Crippen LogP contribution is 2.22. The Kier molecular flexibility index (Phi) is 4.71. The smallest absolute Gasteiger partial charge is 0.255 e. The summed E-state index contributed by atoms with van der Waals surface area (Å²) in [6.07, 6.45) is 0.787. The number of fused-ring (bicyclic) bond motifs is 1. The van der Waals surface area contributed by atoms with Crippen molar-refractivity contribution >= 4 is 0 Å². The molecule has 1 aliphatic heterocycles. The van der Waals surface area contributed by atoms with E-state index >= 15 is 0 Å². The summed E-state index contributed by atoms with van der Waals surface area (Å²) in [4.78, 5) is 22.0. The second kappa shape index (κ2) is 6.77. The number of aryl methyl sites for hydroxylation is 1. The maximum atomic E-state index is 12.3. The van der Waals surface area contributed by atoms with Crippen molar-refractivity contribution in [2.75, 3.05) is 13.3 Å². The van der Waals surface area contributed by atoms with Gasteiger partial charge < -0.3 is 9.72 Å². The number of H-pyrrole nitrogens is 1. The highest BCUT2D eigenvalue weighted by molar-refractivity contribution is 5.38. The zero-order valence-corrected chi connectivity index (χ0v) is 14.8. The van der Waals surface area contributed by atoms with Crippen LogP contribution in [0.1, 0.15) is 48.0 Å². The third kappa shape index (κ3) is 3.36. The van der Waals surface area contributed by atoms with Crippen LogP contribution in [0, 0.1) is 13.8 Å². The molecule has 5 nitrogen and oxygen atoms in total. The van der Waals surface area contributed by atoms with Crippen molar-refractivity contribution in [1.29, 1.82) is 0 Å². The minimum Gasteiger partial charge on any atom is -0.478 e. The molecule has 0 unspecified atom stereocenters. The Hall–Kier alpha value is -2.14. The van der Waals surface area contributed by atoms with E-state index in [-0.39, 0.29) is 11.5 Å². The van der Waals surface area contributed by atoms with Gasteiger partial charge in [-0.15, -0.1) is 0 Å². The van der Waals surface area contributed by atoms with Crippen LogP contribution >= 0.6 is 0 Å². The summed E-state index contributed by atoms with van der Waals surface area (Å²) in [6, 6.07) is 6.07. The van der Waals surface area contributed by atoms with Crippen molar-refractivity contribution in [2.45, 2.75) is 46.6 Å². The quantitative estimate of drug-likeness (QED) is 0.938. The number of hydrogen-bond donors (Lipinski definition) is 1. The molecular weight excluding hydrogens is 302 g/mol. The van der Waals surface area contributed by atoms with Gasteiger partial charge in [-0.3, -0.25) is 9.69 Å². The molecule has 1 aromatic heterocycles. The monoisotopic (exact) mass is 327 g/mol. The Bertz CT molecular complexity index is 796. The number of ether oxygens (including phenoxy) is 1. The first-order chi connectivity index (χ1) is 11.5. The topological polar surface area (TPSA) is 58.2 Å². The first kappa shape index (κ1) is 16.7. The number of nitrogens with zero attached hydrogens (tertiary/aromatic N) is 2. The van der Waals surface area contributed by atoms with Crippen molar-refractivity contribution in [3.05, 3.63) is 56.8 Å². The molecule has 0 fully saturated rings. The van der Waals surface area contributed by atoms with E-state index in [1.165, 1.54) is 5.56 Å². The number of hydrogen-bond acceptors (Lipinski definition) is 4. The fourth-order valence-electron chi connectivity index (χ4n) is 2.93. The van der Waals surface area contributed by atoms with Crippen LogP contribution in [0.25, 0.3) is 0 Å². The van der Waals surface area contributed by atoms with Crippen LogP contribution in [0.3, 0.4) is 0 Å². The molecule has 0 atom stereocenters. The van der Waals surface area contributed by atoms with Crippen molar-refractivity contribution < 1.29 is 4.74 Å². The van der Waals surface area contributed by atoms with Crippen LogP contribution in [-0.2, 0) is 13.0 Å². The number of rotatable bonds is 4. The Morgan fingerprint density at radius 1 is 1.33 bits per heavy atom. The summed E-state index contributed by atoms with van der Waals surface area (Å²) in [6.45, 7) is 10.1. The molecule has 2 heterocycles. The van der Waals surface area contributed by atoms with E-state index in [0.717, 1.165) is 41.4 Å². The molecule has 3 rings (SSSR count). The van der Waals surface area contributed by atoms with Crippen LogP contribution in [-0.4, -0.2) is 28.1 Å². The average molecular weight is 327 g/mol. The maximum Gasteiger partial charge on any atom is 0.255 e. The van der Waals surface area contributed by atoms with Gasteiger partial charge in [-0.25, -0.2) is 4.98 Å². The van der Waals surface area contributed by atoms with Gasteiger partial charge in [0.05, 0.1) is 11.3 Å². The maximum absolute atomic E-state index is 12.3. The number of benzene rings is 1. The van der Waals surface area contributed by atoms with Crippen LogP contribution < -0.4 is 10.3 Å². The Morgan fingerprint density at radius 2 is 2.12 bits per heavy atom. The third-order valence-corrected chi connectivity index (χ3v) is 4.67. The van der Waals surface area contributed by atoms with Gasteiger partial charge in [0.25, 0.3) is 5.56 Å². The lowest BCUT2D eigenvalue weighted by molar-refractivity contribution is 0.112. The molecule has 1 N–H and O–H groups in total. The van der Waals surface area contributed by atoms with Crippen LogP contribution in [0.2, 0.25) is 0 Å². The minimum absolute atomic E-state index is 0.0138. The van der Waals surface area contributed by atoms with Crippen molar-refractivity contribution in [1.82, 2.24) is 14.9 Å². The molecule has 24 heavy (non-hydrogen) atoms. The molecule has 0 bridgehead atoms. The summed E-state index contributed by atoms with van der Waals surface area (Å²) in [5, 5.41) is 0. The molecule has 0 aliphatic carbocycles. The summed E-state index contributed by atoms with van der Waals surface area (Å²) in [5.41, 5.74) is 4.08. The second-order valence-electron chi connectivity index (χ2n) is 6.81. The van der Waals surface area contributed by atoms with E-state index in [1.807, 2.05) is 26.0 Å². The lowest BCUT2D eigenvalue weighted by Crippen LogP contribution is -2.38. The zero-order valence-electron chi connectivity index (χ0n) is 14.8. The van der Waals surface area contributed by atoms with Crippen LogP contribution in [0.5, 0.6) is 5.75 Å². The van der Waals surface area contributed by atoms with Gasteiger partial charge >= 0.3 is 0 Å². The molecule has 0 spiro atoms. The average Bonchev–Trinajstić information content (AvgIpc) is 2.56. The molecule has 128 valence electrons. The van der Waals surface area contributed by atoms with Gasteiger partial charge in [0.2, 0.25) is 0 Å². The molecular formula is C19H25N3O2. The van der Waals surface area contributed by atoms with Gasteiger partial charge in [0.15, 0.2) is 0 Å². The molecule has 0 saturated carbocycles. The summed E-state index contributed by atoms with van der Waals surface area (Å²) in [5.74, 6) is 1.91. The number of aromatic nitrogens is 2. The van der Waals surface area contributed by atoms with E-state index in [1.54, 1.807) is 0 Å². The van der Waals surface area contributed by atoms with E-state index in [4.69, 9.17) is 4.74 Å². The second-order valence-corrected chi connectivity index (χ2v) is 6.81. The van der Waals surface area contributed by atoms with Crippen LogP contribution in [0.4, 0.5) is 0 Å². The van der Waals surface area contributed by atoms with Crippen molar-refractivity contribution in [3.63, 3.8) is 0 Å². The molecule has 0 radical (unpaired) electrons. The Balaban J connectivity index is 1.71. The molecule has 1 aromatic carbocycles. The zero-order chi connectivity index (χ0) is 17.3. The summed E-state index contributed by atoms with van der Waals surface area (Å²) in [7, 11) is 0. The van der Waals surface area contributed by atoms with E-state index < -0.39 is 0 Å². The third-order valence-electron chi connectivity index (χ3n) is 4.67. The van der Waals surface area contributed by atoms with E-state index in [9.17, 15) is 4.79 Å². The van der Waals surface area contributed by atoms with Crippen molar-refractivity contribution in [3.8, 4) is 5.75 Å². The van der Waals surface area contributed by atoms with Gasteiger partial charge in [-0.1, -0.05) is 26.0 Å². The SMILES string of the molecule is Cc1cccc(OCN2CCc3nc(C(C)C)[nH]c(=O)c3C2)c1C. The standard InChI is InChI=1S/C19H25N3O2/c1-12(2)18-20-16-8-9-22(10-15(16)19(23)21-18)11-24-17-7-5-6-13(3)14(17)4/h5-7,12H,8-11H2,1-4H3,(H,20,21,23). The van der Waals surface area contributed by atoms with Crippen LogP contribution in [0.15, 0.2) is 23.0 Å². The lowest BCUT2D eigenvalue weighted by Gasteiger charge is -2.28. The molecule has 0 saturated heterocycles. The van der Waals surface area contributed by atoms with Gasteiger partial charge in [-0.2, -0.15) is 0 Å². The normalized spacial score (nSPS) is 14.7. The van der Waals surface area contributed by atoms with Gasteiger partial charge in [0, 0.05) is 25.4 Å². The highest BCUT2D eigenvalue weighted by atomic mass is 16.5. The summed E-state index contributed by atoms with van der Waals surface area (Å²) >= 11 is 0. The fourth-order valence-corrected chi connectivity index (χ4v) is 2.93. The fraction of sp³-hybridized carbons (Fsp3) is 0.474. The van der Waals surface area contributed by atoms with Gasteiger partial charge in [0.1, 0.15) is 18.3 Å². The predicted molar refractivity (Wildman–Crippen MR) is 94.5 cm³/mol. The Labute approximate surface area is 142 Å². The molecule has 1 aliphatic rings. The predicted octanol–water partition coefficient (Wildman–Crippen LogP) is 2.90. The molecule has 5 heteroatoms. The largest absolute Gasteiger partial charge is 0.478 e. The van der Waals surface area contributed by atoms with E-state index in [0.29, 0.717) is 13.3 Å².